The van der Waals surface area contributed by atoms with Gasteiger partial charge < -0.3 is 9.30 Å². The number of pyridine rings is 2. The van der Waals surface area contributed by atoms with Gasteiger partial charge in [0, 0.05) is 30.2 Å². The minimum atomic E-state index is -4.62. The third-order valence-corrected chi connectivity index (χ3v) is 5.00. The predicted molar refractivity (Wildman–Crippen MR) is 105 cm³/mol. The van der Waals surface area contributed by atoms with Crippen molar-refractivity contribution in [3.8, 4) is 17.4 Å². The molecular weight excluding hydrogens is 428 g/mol. The zero-order valence-corrected chi connectivity index (χ0v) is 16.8. The quantitative estimate of drug-likeness (QED) is 0.417. The van der Waals surface area contributed by atoms with Crippen LogP contribution in [-0.2, 0) is 12.8 Å². The third kappa shape index (κ3) is 3.85. The van der Waals surface area contributed by atoms with Gasteiger partial charge >= 0.3 is 6.18 Å². The van der Waals surface area contributed by atoms with E-state index in [4.69, 9.17) is 4.74 Å². The number of alkyl halides is 3. The molecule has 7 nitrogen and oxygen atoms in total. The van der Waals surface area contributed by atoms with Gasteiger partial charge in [-0.1, -0.05) is 0 Å². The van der Waals surface area contributed by atoms with E-state index in [2.05, 4.69) is 24.9 Å². The monoisotopic (exact) mass is 444 g/mol. The van der Waals surface area contributed by atoms with Crippen LogP contribution in [0.1, 0.15) is 36.0 Å². The molecule has 0 aromatic carbocycles. The molecule has 32 heavy (non-hydrogen) atoms. The molecule has 1 aliphatic carbocycles. The lowest BCUT2D eigenvalue weighted by atomic mass is 10.2. The smallest absolute Gasteiger partial charge is 0.434 e. The number of aromatic nitrogens is 6. The molecule has 1 aliphatic rings. The van der Waals surface area contributed by atoms with Crippen molar-refractivity contribution >= 4 is 11.0 Å². The number of fused-ring (bicyclic) bond motifs is 1. The van der Waals surface area contributed by atoms with E-state index in [-0.39, 0.29) is 24.2 Å². The van der Waals surface area contributed by atoms with Crippen LogP contribution in [-0.4, -0.2) is 29.5 Å². The molecular formula is C21H16F4N6O. The van der Waals surface area contributed by atoms with Crippen LogP contribution in [0.2, 0.25) is 0 Å². The highest BCUT2D eigenvalue weighted by Crippen LogP contribution is 2.41. The van der Waals surface area contributed by atoms with Gasteiger partial charge in [0.2, 0.25) is 5.88 Å². The third-order valence-electron chi connectivity index (χ3n) is 5.00. The number of aryl methyl sites for hydroxylation is 1. The molecule has 0 bridgehead atoms. The number of hydrogen-bond acceptors (Lipinski definition) is 6. The highest BCUT2D eigenvalue weighted by atomic mass is 19.4. The van der Waals surface area contributed by atoms with Crippen LogP contribution in [0.5, 0.6) is 5.88 Å². The summed E-state index contributed by atoms with van der Waals surface area (Å²) in [6.45, 7) is 1.66. The molecule has 1 fully saturated rings. The van der Waals surface area contributed by atoms with Crippen molar-refractivity contribution in [2.24, 2.45) is 0 Å². The number of rotatable bonds is 5. The van der Waals surface area contributed by atoms with E-state index in [0.717, 1.165) is 19.0 Å². The Morgan fingerprint density at radius 1 is 1.16 bits per heavy atom. The van der Waals surface area contributed by atoms with Gasteiger partial charge in [-0.25, -0.2) is 24.3 Å². The largest absolute Gasteiger partial charge is 0.472 e. The predicted octanol–water partition coefficient (Wildman–Crippen LogP) is 4.66. The summed E-state index contributed by atoms with van der Waals surface area (Å²) in [5.74, 6) is -0.145. The Morgan fingerprint density at radius 3 is 2.69 bits per heavy atom. The maximum Gasteiger partial charge on any atom is 0.434 e. The second-order valence-electron chi connectivity index (χ2n) is 7.50. The molecule has 4 aromatic heterocycles. The first kappa shape index (κ1) is 20.3. The van der Waals surface area contributed by atoms with Crippen molar-refractivity contribution in [3.05, 3.63) is 59.7 Å². The number of halogens is 4. The highest BCUT2D eigenvalue weighted by molar-refractivity contribution is 5.79. The molecule has 0 radical (unpaired) electrons. The van der Waals surface area contributed by atoms with Crippen LogP contribution in [0.3, 0.4) is 0 Å². The Kier molecular flexibility index (Phi) is 4.75. The molecule has 0 amide bonds. The molecule has 0 saturated heterocycles. The fourth-order valence-electron chi connectivity index (χ4n) is 3.36. The van der Waals surface area contributed by atoms with Crippen molar-refractivity contribution in [3.63, 3.8) is 0 Å². The lowest BCUT2D eigenvalue weighted by molar-refractivity contribution is -0.140. The molecule has 0 aliphatic heterocycles. The van der Waals surface area contributed by atoms with Gasteiger partial charge in [-0.2, -0.15) is 18.2 Å². The second kappa shape index (κ2) is 7.50. The highest BCUT2D eigenvalue weighted by Gasteiger charge is 2.38. The first-order chi connectivity index (χ1) is 15.3. The summed E-state index contributed by atoms with van der Waals surface area (Å²) in [5, 5.41) is 0.606. The first-order valence-corrected chi connectivity index (χ1v) is 9.82. The van der Waals surface area contributed by atoms with Gasteiger partial charge in [-0.3, -0.25) is 0 Å². The average Bonchev–Trinajstić information content (AvgIpc) is 3.49. The molecule has 0 unspecified atom stereocenters. The summed E-state index contributed by atoms with van der Waals surface area (Å²) < 4.78 is 61.3. The van der Waals surface area contributed by atoms with Gasteiger partial charge in [0.25, 0.3) is 0 Å². The van der Waals surface area contributed by atoms with E-state index in [0.29, 0.717) is 28.3 Å². The minimum absolute atomic E-state index is 0.0461. The van der Waals surface area contributed by atoms with E-state index < -0.39 is 17.7 Å². The molecule has 0 atom stereocenters. The fourth-order valence-corrected chi connectivity index (χ4v) is 3.36. The van der Waals surface area contributed by atoms with Crippen LogP contribution in [0.15, 0.2) is 36.8 Å². The van der Waals surface area contributed by atoms with Crippen LogP contribution < -0.4 is 4.74 Å². The van der Waals surface area contributed by atoms with Crippen molar-refractivity contribution < 1.29 is 22.3 Å². The topological polar surface area (TPSA) is 78.6 Å². The molecule has 11 heteroatoms. The first-order valence-electron chi connectivity index (χ1n) is 9.82. The van der Waals surface area contributed by atoms with Crippen molar-refractivity contribution in [1.82, 2.24) is 29.5 Å². The molecule has 4 aromatic rings. The van der Waals surface area contributed by atoms with E-state index in [9.17, 15) is 17.6 Å². The van der Waals surface area contributed by atoms with Gasteiger partial charge in [-0.05, 0) is 38.0 Å². The zero-order chi connectivity index (χ0) is 22.5. The SMILES string of the molecule is Cc1nc(OCc2cnc(-c3nc(C(F)(F)F)cn3C3CC3)c(F)c2)c2cccnc2n1. The summed E-state index contributed by atoms with van der Waals surface area (Å²) in [5.41, 5.74) is -0.432. The minimum Gasteiger partial charge on any atom is -0.472 e. The fraction of sp³-hybridized carbons (Fsp3) is 0.286. The number of ether oxygens (including phenoxy) is 1. The summed E-state index contributed by atoms with van der Waals surface area (Å²) in [6.07, 6.45) is 0.692. The second-order valence-corrected chi connectivity index (χ2v) is 7.50. The standard InChI is InChI=1S/C21H16F4N6O/c1-11-28-18-14(3-2-6-26-18)20(29-11)32-10-12-7-15(22)17(27-8-12)19-30-16(21(23,24)25)9-31(19)13-4-5-13/h2-3,6-9,13H,4-5,10H2,1H3. The molecule has 164 valence electrons. The van der Waals surface area contributed by atoms with Gasteiger partial charge in [0.05, 0.1) is 5.39 Å². The summed E-state index contributed by atoms with van der Waals surface area (Å²) >= 11 is 0. The van der Waals surface area contributed by atoms with Crippen LogP contribution in [0.4, 0.5) is 17.6 Å². The van der Waals surface area contributed by atoms with Crippen molar-refractivity contribution in [1.29, 1.82) is 0 Å². The maximum atomic E-state index is 14.9. The van der Waals surface area contributed by atoms with Gasteiger partial charge in [0.1, 0.15) is 18.1 Å². The number of nitrogens with zero attached hydrogens (tertiary/aromatic N) is 6. The molecule has 5 rings (SSSR count). The summed E-state index contributed by atoms with van der Waals surface area (Å²) in [6, 6.07) is 4.53. The maximum absolute atomic E-state index is 14.9. The Hall–Kier alpha value is -3.63. The normalized spacial score (nSPS) is 14.2. The molecule has 0 spiro atoms. The van der Waals surface area contributed by atoms with E-state index in [1.54, 1.807) is 25.3 Å². The van der Waals surface area contributed by atoms with Gasteiger partial charge in [0.15, 0.2) is 23.0 Å². The van der Waals surface area contributed by atoms with Crippen LogP contribution in [0, 0.1) is 12.7 Å². The van der Waals surface area contributed by atoms with E-state index in [1.165, 1.54) is 16.8 Å². The Labute approximate surface area is 179 Å². The molecule has 1 saturated carbocycles. The lowest BCUT2D eigenvalue weighted by Gasteiger charge is -2.10. The van der Waals surface area contributed by atoms with Crippen LogP contribution >= 0.6 is 0 Å². The van der Waals surface area contributed by atoms with E-state index >= 15 is 0 Å². The van der Waals surface area contributed by atoms with Crippen molar-refractivity contribution in [2.75, 3.05) is 0 Å². The molecule has 4 heterocycles. The Morgan fingerprint density at radius 2 is 1.97 bits per heavy atom. The Bertz CT molecular complexity index is 1320. The molecule has 0 N–H and O–H groups in total. The lowest BCUT2D eigenvalue weighted by Crippen LogP contribution is -2.05. The van der Waals surface area contributed by atoms with Crippen molar-refractivity contribution in [2.45, 2.75) is 38.6 Å². The Balaban J connectivity index is 1.42. The number of imidazole rings is 1. The number of hydrogen-bond donors (Lipinski definition) is 0. The van der Waals surface area contributed by atoms with Crippen LogP contribution in [0.25, 0.3) is 22.6 Å². The average molecular weight is 444 g/mol. The summed E-state index contributed by atoms with van der Waals surface area (Å²) in [7, 11) is 0. The zero-order valence-electron chi connectivity index (χ0n) is 16.8. The van der Waals surface area contributed by atoms with Gasteiger partial charge in [-0.15, -0.1) is 0 Å². The van der Waals surface area contributed by atoms with E-state index in [1.807, 2.05) is 0 Å². The summed E-state index contributed by atoms with van der Waals surface area (Å²) in [4.78, 5) is 20.3.